The van der Waals surface area contributed by atoms with Gasteiger partial charge >= 0.3 is 0 Å². The molecule has 6 nitrogen and oxygen atoms in total. The lowest BCUT2D eigenvalue weighted by Crippen LogP contribution is -2.45. The van der Waals surface area contributed by atoms with Gasteiger partial charge in [0.15, 0.2) is 0 Å². The van der Waals surface area contributed by atoms with Crippen LogP contribution in [0.4, 0.5) is 0 Å². The minimum absolute atomic E-state index is 0.0374. The first kappa shape index (κ1) is 17.0. The summed E-state index contributed by atoms with van der Waals surface area (Å²) < 4.78 is 30.6. The molecule has 0 spiro atoms. The molecule has 0 unspecified atom stereocenters. The van der Waals surface area contributed by atoms with E-state index >= 15 is 0 Å². The quantitative estimate of drug-likeness (QED) is 0.827. The number of ether oxygens (including phenoxy) is 1. The molecule has 2 aliphatic rings. The van der Waals surface area contributed by atoms with Crippen LogP contribution in [0.1, 0.15) is 24.0 Å². The highest BCUT2D eigenvalue weighted by Gasteiger charge is 2.23. The van der Waals surface area contributed by atoms with Crippen molar-refractivity contribution in [2.45, 2.75) is 25.3 Å². The summed E-state index contributed by atoms with van der Waals surface area (Å²) in [5.41, 5.74) is 2.17. The second kappa shape index (κ2) is 6.94. The standard InChI is InChI=1S/C17H22N2O4S/c1-24(21,22)18-15-6-9-19(10-7-15)17(20)5-3-13-2-4-16-14(12-13)8-11-23-16/h2-5,12,15,18H,6-11H2,1H3. The average molecular weight is 350 g/mol. The summed E-state index contributed by atoms with van der Waals surface area (Å²) in [6, 6.07) is 5.85. The number of benzene rings is 1. The third-order valence-corrected chi connectivity index (χ3v) is 5.08. The molecule has 0 bridgehead atoms. The minimum atomic E-state index is -3.19. The maximum Gasteiger partial charge on any atom is 0.246 e. The van der Waals surface area contributed by atoms with Crippen LogP contribution in [-0.2, 0) is 21.2 Å². The fourth-order valence-electron chi connectivity index (χ4n) is 3.10. The fraction of sp³-hybridized carbons (Fsp3) is 0.471. The first-order valence-electron chi connectivity index (χ1n) is 8.11. The van der Waals surface area contributed by atoms with Crippen molar-refractivity contribution in [3.05, 3.63) is 35.4 Å². The monoisotopic (exact) mass is 350 g/mol. The molecular weight excluding hydrogens is 328 g/mol. The first-order chi connectivity index (χ1) is 11.4. The van der Waals surface area contributed by atoms with Gasteiger partial charge in [0.05, 0.1) is 12.9 Å². The smallest absolute Gasteiger partial charge is 0.246 e. The lowest BCUT2D eigenvalue weighted by Gasteiger charge is -2.31. The lowest BCUT2D eigenvalue weighted by atomic mass is 10.1. The van der Waals surface area contributed by atoms with E-state index in [1.807, 2.05) is 24.3 Å². The molecule has 1 fully saturated rings. The van der Waals surface area contributed by atoms with Crippen LogP contribution >= 0.6 is 0 Å². The second-order valence-electron chi connectivity index (χ2n) is 6.29. The number of likely N-dealkylation sites (tertiary alicyclic amines) is 1. The Hall–Kier alpha value is -1.86. The van der Waals surface area contributed by atoms with Crippen LogP contribution in [0, 0.1) is 0 Å². The number of nitrogens with zero attached hydrogens (tertiary/aromatic N) is 1. The highest BCUT2D eigenvalue weighted by molar-refractivity contribution is 7.88. The summed E-state index contributed by atoms with van der Waals surface area (Å²) >= 11 is 0. The number of sulfonamides is 1. The Labute approximate surface area is 142 Å². The predicted octanol–water partition coefficient (Wildman–Crippen LogP) is 1.17. The predicted molar refractivity (Wildman–Crippen MR) is 92.3 cm³/mol. The molecule has 130 valence electrons. The van der Waals surface area contributed by atoms with Gasteiger partial charge in [0.25, 0.3) is 0 Å². The van der Waals surface area contributed by atoms with E-state index in [4.69, 9.17) is 4.74 Å². The van der Waals surface area contributed by atoms with Gasteiger partial charge in [-0.3, -0.25) is 4.79 Å². The summed E-state index contributed by atoms with van der Waals surface area (Å²) in [6.45, 7) is 1.85. The molecule has 7 heteroatoms. The van der Waals surface area contributed by atoms with Gasteiger partial charge in [0.2, 0.25) is 15.9 Å². The van der Waals surface area contributed by atoms with Gasteiger partial charge in [-0.05, 0) is 42.2 Å². The van der Waals surface area contributed by atoms with E-state index in [0.717, 1.165) is 30.6 Å². The maximum absolute atomic E-state index is 12.3. The van der Waals surface area contributed by atoms with E-state index in [1.54, 1.807) is 11.0 Å². The number of nitrogens with one attached hydrogen (secondary N) is 1. The number of carbonyl (C=O) groups is 1. The van der Waals surface area contributed by atoms with Crippen LogP contribution in [0.3, 0.4) is 0 Å². The molecule has 1 amide bonds. The Morgan fingerprint density at radius 3 is 2.79 bits per heavy atom. The molecule has 0 radical (unpaired) electrons. The summed E-state index contributed by atoms with van der Waals surface area (Å²) in [5.74, 6) is 0.892. The molecule has 0 aliphatic carbocycles. The number of hydrogen-bond donors (Lipinski definition) is 1. The third kappa shape index (κ3) is 4.36. The Kier molecular flexibility index (Phi) is 4.91. The number of piperidine rings is 1. The molecule has 1 N–H and O–H groups in total. The Balaban J connectivity index is 1.54. The number of amides is 1. The van der Waals surface area contributed by atoms with E-state index < -0.39 is 10.0 Å². The zero-order valence-electron chi connectivity index (χ0n) is 13.7. The molecule has 3 rings (SSSR count). The lowest BCUT2D eigenvalue weighted by molar-refractivity contribution is -0.126. The minimum Gasteiger partial charge on any atom is -0.493 e. The Bertz CT molecular complexity index is 750. The molecule has 1 aromatic rings. The largest absolute Gasteiger partial charge is 0.493 e. The number of hydrogen-bond acceptors (Lipinski definition) is 4. The molecule has 2 heterocycles. The van der Waals surface area contributed by atoms with Gasteiger partial charge in [-0.1, -0.05) is 6.07 Å². The highest BCUT2D eigenvalue weighted by Crippen LogP contribution is 2.26. The van der Waals surface area contributed by atoms with E-state index in [-0.39, 0.29) is 11.9 Å². The van der Waals surface area contributed by atoms with Crippen molar-refractivity contribution >= 4 is 22.0 Å². The number of carbonyl (C=O) groups excluding carboxylic acids is 1. The topological polar surface area (TPSA) is 75.7 Å². The van der Waals surface area contributed by atoms with E-state index in [0.29, 0.717) is 25.9 Å². The van der Waals surface area contributed by atoms with Gasteiger partial charge in [-0.15, -0.1) is 0 Å². The van der Waals surface area contributed by atoms with Crippen LogP contribution in [0.15, 0.2) is 24.3 Å². The van der Waals surface area contributed by atoms with Gasteiger partial charge < -0.3 is 9.64 Å². The van der Waals surface area contributed by atoms with Crippen LogP contribution in [0.5, 0.6) is 5.75 Å². The molecular formula is C17H22N2O4S. The van der Waals surface area contributed by atoms with E-state index in [9.17, 15) is 13.2 Å². The van der Waals surface area contributed by atoms with Crippen molar-refractivity contribution in [3.63, 3.8) is 0 Å². The molecule has 1 aromatic carbocycles. The van der Waals surface area contributed by atoms with Crippen molar-refractivity contribution in [1.82, 2.24) is 9.62 Å². The molecule has 2 aliphatic heterocycles. The fourth-order valence-corrected chi connectivity index (χ4v) is 3.94. The van der Waals surface area contributed by atoms with Gasteiger partial charge in [-0.2, -0.15) is 0 Å². The summed E-state index contributed by atoms with van der Waals surface area (Å²) in [6.07, 6.45) is 6.76. The van der Waals surface area contributed by atoms with Crippen LogP contribution in [-0.4, -0.2) is 51.2 Å². The van der Waals surface area contributed by atoms with Crippen LogP contribution in [0.25, 0.3) is 6.08 Å². The zero-order valence-corrected chi connectivity index (χ0v) is 14.5. The van der Waals surface area contributed by atoms with Gasteiger partial charge in [-0.25, -0.2) is 13.1 Å². The normalized spacial score (nSPS) is 18.6. The van der Waals surface area contributed by atoms with Gasteiger partial charge in [0, 0.05) is 31.6 Å². The van der Waals surface area contributed by atoms with Crippen LogP contribution in [0.2, 0.25) is 0 Å². The Morgan fingerprint density at radius 2 is 2.08 bits per heavy atom. The molecule has 1 saturated heterocycles. The van der Waals surface area contributed by atoms with Crippen molar-refractivity contribution in [3.8, 4) is 5.75 Å². The van der Waals surface area contributed by atoms with Crippen molar-refractivity contribution < 1.29 is 17.9 Å². The average Bonchev–Trinajstić information content (AvgIpc) is 2.99. The molecule has 24 heavy (non-hydrogen) atoms. The summed E-state index contributed by atoms with van der Waals surface area (Å²) in [5, 5.41) is 0. The molecule has 0 atom stereocenters. The Morgan fingerprint density at radius 1 is 1.33 bits per heavy atom. The summed E-state index contributed by atoms with van der Waals surface area (Å²) in [7, 11) is -3.19. The van der Waals surface area contributed by atoms with E-state index in [2.05, 4.69) is 4.72 Å². The third-order valence-electron chi connectivity index (χ3n) is 4.32. The molecule has 0 saturated carbocycles. The van der Waals surface area contributed by atoms with Crippen molar-refractivity contribution in [2.24, 2.45) is 0 Å². The SMILES string of the molecule is CS(=O)(=O)NC1CCN(C(=O)C=Cc2ccc3c(c2)CCO3)CC1. The zero-order chi connectivity index (χ0) is 17.2. The first-order valence-corrected chi connectivity index (χ1v) is 10.00. The maximum atomic E-state index is 12.3. The highest BCUT2D eigenvalue weighted by atomic mass is 32.2. The summed E-state index contributed by atoms with van der Waals surface area (Å²) in [4.78, 5) is 14.0. The number of fused-ring (bicyclic) bond motifs is 1. The van der Waals surface area contributed by atoms with Crippen LogP contribution < -0.4 is 9.46 Å². The molecule has 0 aromatic heterocycles. The van der Waals surface area contributed by atoms with Crippen molar-refractivity contribution in [1.29, 1.82) is 0 Å². The van der Waals surface area contributed by atoms with Gasteiger partial charge in [0.1, 0.15) is 5.75 Å². The van der Waals surface area contributed by atoms with Crippen molar-refractivity contribution in [2.75, 3.05) is 26.0 Å². The van der Waals surface area contributed by atoms with E-state index in [1.165, 1.54) is 5.56 Å². The number of rotatable bonds is 4. The second-order valence-corrected chi connectivity index (χ2v) is 8.07.